The molecule has 0 aromatic heterocycles. The van der Waals surface area contributed by atoms with E-state index in [4.69, 9.17) is 16.3 Å². The monoisotopic (exact) mass is 322 g/mol. The van der Waals surface area contributed by atoms with Crippen molar-refractivity contribution < 1.29 is 9.53 Å². The SMILES string of the molecule is CCOC(=O)C(C)(Cl)CCc1ccc(C2CCCCC2)cc1. The van der Waals surface area contributed by atoms with Gasteiger partial charge in [-0.05, 0) is 56.6 Å². The van der Waals surface area contributed by atoms with Crippen LogP contribution in [-0.4, -0.2) is 17.5 Å². The molecule has 22 heavy (non-hydrogen) atoms. The summed E-state index contributed by atoms with van der Waals surface area (Å²) >= 11 is 6.29. The second-order valence-electron chi connectivity index (χ2n) is 6.49. The number of alkyl halides is 1. The minimum atomic E-state index is -0.932. The number of hydrogen-bond acceptors (Lipinski definition) is 2. The van der Waals surface area contributed by atoms with E-state index < -0.39 is 4.87 Å². The highest BCUT2D eigenvalue weighted by molar-refractivity contribution is 6.33. The maximum atomic E-state index is 11.8. The van der Waals surface area contributed by atoms with Crippen LogP contribution in [0.25, 0.3) is 0 Å². The Morgan fingerprint density at radius 3 is 2.45 bits per heavy atom. The van der Waals surface area contributed by atoms with Crippen molar-refractivity contribution in [3.05, 3.63) is 35.4 Å². The maximum absolute atomic E-state index is 11.8. The fraction of sp³-hybridized carbons (Fsp3) is 0.632. The molecule has 1 aliphatic rings. The number of rotatable bonds is 6. The molecule has 1 aliphatic carbocycles. The van der Waals surface area contributed by atoms with Crippen LogP contribution >= 0.6 is 11.6 Å². The summed E-state index contributed by atoms with van der Waals surface area (Å²) in [6, 6.07) is 8.87. The Balaban J connectivity index is 1.89. The fourth-order valence-electron chi connectivity index (χ4n) is 3.16. The molecule has 1 aromatic rings. The molecule has 1 atom stereocenters. The minimum absolute atomic E-state index is 0.324. The average molecular weight is 323 g/mol. The van der Waals surface area contributed by atoms with Crippen LogP contribution in [0.4, 0.5) is 0 Å². The molecular weight excluding hydrogens is 296 g/mol. The van der Waals surface area contributed by atoms with Crippen molar-refractivity contribution in [3.63, 3.8) is 0 Å². The zero-order chi connectivity index (χ0) is 16.0. The Kier molecular flexibility index (Phi) is 6.31. The molecule has 122 valence electrons. The van der Waals surface area contributed by atoms with Gasteiger partial charge < -0.3 is 4.74 Å². The van der Waals surface area contributed by atoms with Gasteiger partial charge in [-0.1, -0.05) is 43.5 Å². The van der Waals surface area contributed by atoms with Gasteiger partial charge in [0.1, 0.15) is 4.87 Å². The summed E-state index contributed by atoms with van der Waals surface area (Å²) in [6.45, 7) is 3.91. The number of carbonyl (C=O) groups excluding carboxylic acids is 1. The lowest BCUT2D eigenvalue weighted by Gasteiger charge is -2.22. The first-order valence-electron chi connectivity index (χ1n) is 8.48. The lowest BCUT2D eigenvalue weighted by molar-refractivity contribution is -0.146. The van der Waals surface area contributed by atoms with Crippen molar-refractivity contribution in [1.82, 2.24) is 0 Å². The van der Waals surface area contributed by atoms with Gasteiger partial charge in [0.2, 0.25) is 0 Å². The van der Waals surface area contributed by atoms with Crippen molar-refractivity contribution in [2.75, 3.05) is 6.61 Å². The molecule has 0 saturated heterocycles. The summed E-state index contributed by atoms with van der Waals surface area (Å²) in [5.41, 5.74) is 2.69. The predicted molar refractivity (Wildman–Crippen MR) is 91.5 cm³/mol. The van der Waals surface area contributed by atoms with Gasteiger partial charge in [-0.15, -0.1) is 11.6 Å². The topological polar surface area (TPSA) is 26.3 Å². The predicted octanol–water partition coefficient (Wildman–Crippen LogP) is 5.23. The van der Waals surface area contributed by atoms with E-state index in [9.17, 15) is 4.79 Å². The van der Waals surface area contributed by atoms with Crippen LogP contribution < -0.4 is 0 Å². The van der Waals surface area contributed by atoms with E-state index in [1.807, 2.05) is 0 Å². The van der Waals surface area contributed by atoms with Crippen molar-refractivity contribution in [1.29, 1.82) is 0 Å². The Morgan fingerprint density at radius 1 is 1.23 bits per heavy atom. The summed E-state index contributed by atoms with van der Waals surface area (Å²) in [4.78, 5) is 10.9. The van der Waals surface area contributed by atoms with Gasteiger partial charge in [0.05, 0.1) is 6.61 Å². The van der Waals surface area contributed by atoms with E-state index >= 15 is 0 Å². The van der Waals surface area contributed by atoms with Crippen molar-refractivity contribution in [3.8, 4) is 0 Å². The first-order chi connectivity index (χ1) is 10.5. The molecule has 0 N–H and O–H groups in total. The third-order valence-corrected chi connectivity index (χ3v) is 4.98. The van der Waals surface area contributed by atoms with Gasteiger partial charge in [-0.2, -0.15) is 0 Å². The fourth-order valence-corrected chi connectivity index (χ4v) is 3.30. The molecule has 0 amide bonds. The zero-order valence-electron chi connectivity index (χ0n) is 13.7. The molecule has 0 bridgehead atoms. The first-order valence-corrected chi connectivity index (χ1v) is 8.85. The van der Waals surface area contributed by atoms with Crippen LogP contribution in [0.2, 0.25) is 0 Å². The van der Waals surface area contributed by atoms with Crippen LogP contribution in [0.3, 0.4) is 0 Å². The van der Waals surface area contributed by atoms with Crippen LogP contribution in [-0.2, 0) is 16.0 Å². The van der Waals surface area contributed by atoms with Gasteiger partial charge >= 0.3 is 5.97 Å². The number of benzene rings is 1. The highest BCUT2D eigenvalue weighted by atomic mass is 35.5. The molecule has 2 nitrogen and oxygen atoms in total. The molecule has 0 spiro atoms. The van der Waals surface area contributed by atoms with Gasteiger partial charge in [-0.3, -0.25) is 4.79 Å². The van der Waals surface area contributed by atoms with Crippen LogP contribution in [0.15, 0.2) is 24.3 Å². The van der Waals surface area contributed by atoms with E-state index in [1.165, 1.54) is 43.2 Å². The molecule has 0 aliphatic heterocycles. The van der Waals surface area contributed by atoms with Crippen molar-refractivity contribution >= 4 is 17.6 Å². The highest BCUT2D eigenvalue weighted by Gasteiger charge is 2.31. The largest absolute Gasteiger partial charge is 0.465 e. The number of esters is 1. The van der Waals surface area contributed by atoms with Crippen molar-refractivity contribution in [2.24, 2.45) is 0 Å². The van der Waals surface area contributed by atoms with E-state index in [0.717, 1.165) is 12.3 Å². The standard InChI is InChI=1S/C19H27ClO2/c1-3-22-18(21)19(2,20)14-13-15-9-11-17(12-10-15)16-7-5-4-6-8-16/h9-12,16H,3-8,13-14H2,1-2H3. The van der Waals surface area contributed by atoms with Gasteiger partial charge in [0.15, 0.2) is 0 Å². The maximum Gasteiger partial charge on any atom is 0.326 e. The first kappa shape index (κ1) is 17.3. The molecule has 0 radical (unpaired) electrons. The van der Waals surface area contributed by atoms with Crippen LogP contribution in [0, 0.1) is 0 Å². The Hall–Kier alpha value is -1.02. The van der Waals surface area contributed by atoms with Crippen LogP contribution in [0.5, 0.6) is 0 Å². The third-order valence-electron chi connectivity index (χ3n) is 4.64. The quantitative estimate of drug-likeness (QED) is 0.529. The molecular formula is C19H27ClO2. The summed E-state index contributed by atoms with van der Waals surface area (Å²) < 4.78 is 5.02. The molecule has 3 heteroatoms. The molecule has 1 saturated carbocycles. The summed E-state index contributed by atoms with van der Waals surface area (Å²) in [5, 5.41) is 0. The van der Waals surface area contributed by atoms with E-state index in [2.05, 4.69) is 24.3 Å². The Morgan fingerprint density at radius 2 is 1.86 bits per heavy atom. The van der Waals surface area contributed by atoms with Crippen LogP contribution in [0.1, 0.15) is 69.4 Å². The zero-order valence-corrected chi connectivity index (χ0v) is 14.5. The number of carbonyl (C=O) groups is 1. The summed E-state index contributed by atoms with van der Waals surface area (Å²) in [5.74, 6) is 0.413. The molecule has 2 rings (SSSR count). The van der Waals surface area contributed by atoms with E-state index in [0.29, 0.717) is 13.0 Å². The second-order valence-corrected chi connectivity index (χ2v) is 7.33. The summed E-state index contributed by atoms with van der Waals surface area (Å²) in [6.07, 6.45) is 8.13. The Bertz CT molecular complexity index is 473. The van der Waals surface area contributed by atoms with Crippen molar-refractivity contribution in [2.45, 2.75) is 69.6 Å². The third kappa shape index (κ3) is 4.74. The smallest absolute Gasteiger partial charge is 0.326 e. The highest BCUT2D eigenvalue weighted by Crippen LogP contribution is 2.33. The number of hydrogen-bond donors (Lipinski definition) is 0. The lowest BCUT2D eigenvalue weighted by atomic mass is 9.84. The second kappa shape index (κ2) is 8.01. The van der Waals surface area contributed by atoms with E-state index in [-0.39, 0.29) is 5.97 Å². The lowest BCUT2D eigenvalue weighted by Crippen LogP contribution is -2.31. The average Bonchev–Trinajstić information content (AvgIpc) is 2.54. The van der Waals surface area contributed by atoms with Gasteiger partial charge in [-0.25, -0.2) is 0 Å². The molecule has 1 fully saturated rings. The number of ether oxygens (including phenoxy) is 1. The molecule has 0 heterocycles. The van der Waals surface area contributed by atoms with Gasteiger partial charge in [0.25, 0.3) is 0 Å². The minimum Gasteiger partial charge on any atom is -0.465 e. The van der Waals surface area contributed by atoms with E-state index in [1.54, 1.807) is 13.8 Å². The normalized spacial score (nSPS) is 18.7. The Labute approximate surface area is 139 Å². The number of halogens is 1. The van der Waals surface area contributed by atoms with Gasteiger partial charge in [0, 0.05) is 0 Å². The molecule has 1 aromatic carbocycles. The molecule has 1 unspecified atom stereocenters. The summed E-state index contributed by atoms with van der Waals surface area (Å²) in [7, 11) is 0. The number of aryl methyl sites for hydroxylation is 1.